The van der Waals surface area contributed by atoms with Crippen molar-refractivity contribution in [2.45, 2.75) is 13.3 Å². The minimum absolute atomic E-state index is 0.434. The number of phosphoric acid groups is 1. The molecule has 0 amide bonds. The summed E-state index contributed by atoms with van der Waals surface area (Å²) in [6.45, 7) is 1.95. The SMILES string of the molecule is Cc1cccc(OP2(=O)Oc3ccc4ccccc4c3Cc3c(ccc4ccccc34)O2)c1. The fraction of sp³-hybridized carbons (Fsp3) is 0.0714. The van der Waals surface area contributed by atoms with E-state index in [4.69, 9.17) is 13.6 Å². The van der Waals surface area contributed by atoms with Crippen molar-refractivity contribution in [3.05, 3.63) is 114 Å². The largest absolute Gasteiger partial charge is 0.647 e. The zero-order valence-electron chi connectivity index (χ0n) is 18.0. The average Bonchev–Trinajstić information content (AvgIpc) is 2.80. The summed E-state index contributed by atoms with van der Waals surface area (Å²) in [5.74, 6) is 1.44. The first kappa shape index (κ1) is 19.9. The Morgan fingerprint density at radius 3 is 1.85 bits per heavy atom. The molecule has 0 saturated carbocycles. The Morgan fingerprint density at radius 2 is 1.27 bits per heavy atom. The summed E-state index contributed by atoms with van der Waals surface area (Å²) in [5, 5.41) is 4.30. The van der Waals surface area contributed by atoms with Crippen molar-refractivity contribution in [1.29, 1.82) is 0 Å². The van der Waals surface area contributed by atoms with Crippen LogP contribution in [0.15, 0.2) is 97.1 Å². The summed E-state index contributed by atoms with van der Waals surface area (Å²) < 4.78 is 32.0. The Kier molecular flexibility index (Phi) is 4.63. The van der Waals surface area contributed by atoms with E-state index >= 15 is 0 Å². The van der Waals surface area contributed by atoms with Gasteiger partial charge < -0.3 is 13.6 Å². The van der Waals surface area contributed by atoms with E-state index < -0.39 is 7.82 Å². The van der Waals surface area contributed by atoms with Crippen LogP contribution in [0.1, 0.15) is 16.7 Å². The van der Waals surface area contributed by atoms with E-state index in [1.54, 1.807) is 6.07 Å². The highest BCUT2D eigenvalue weighted by Gasteiger charge is 2.37. The number of phosphoric ester groups is 1. The Morgan fingerprint density at radius 1 is 0.697 bits per heavy atom. The van der Waals surface area contributed by atoms with Gasteiger partial charge in [0.1, 0.15) is 17.2 Å². The zero-order valence-corrected chi connectivity index (χ0v) is 18.9. The maximum atomic E-state index is 14.0. The van der Waals surface area contributed by atoms with Crippen molar-refractivity contribution in [3.63, 3.8) is 0 Å². The number of fused-ring (bicyclic) bond motifs is 6. The van der Waals surface area contributed by atoms with E-state index in [2.05, 4.69) is 24.3 Å². The summed E-state index contributed by atoms with van der Waals surface area (Å²) in [6, 6.07) is 31.3. The van der Waals surface area contributed by atoms with Crippen LogP contribution in [-0.2, 0) is 11.0 Å². The van der Waals surface area contributed by atoms with Crippen LogP contribution in [0.3, 0.4) is 0 Å². The van der Waals surface area contributed by atoms with Crippen LogP contribution in [0.4, 0.5) is 0 Å². The minimum atomic E-state index is -4.05. The van der Waals surface area contributed by atoms with Gasteiger partial charge in [-0.3, -0.25) is 0 Å². The molecule has 5 aromatic rings. The predicted octanol–water partition coefficient (Wildman–Crippen LogP) is 7.85. The molecule has 0 atom stereocenters. The molecule has 1 aliphatic rings. The highest BCUT2D eigenvalue weighted by atomic mass is 31.2. The monoisotopic (exact) mass is 452 g/mol. The van der Waals surface area contributed by atoms with Crippen LogP contribution >= 0.6 is 7.82 Å². The number of rotatable bonds is 2. The van der Waals surface area contributed by atoms with Crippen LogP contribution in [0.5, 0.6) is 17.2 Å². The van der Waals surface area contributed by atoms with Gasteiger partial charge in [-0.1, -0.05) is 72.8 Å². The van der Waals surface area contributed by atoms with Gasteiger partial charge in [-0.2, -0.15) is 4.57 Å². The molecule has 0 N–H and O–H groups in total. The molecule has 0 unspecified atom stereocenters. The van der Waals surface area contributed by atoms with Crippen molar-refractivity contribution in [2.75, 3.05) is 0 Å². The average molecular weight is 452 g/mol. The van der Waals surface area contributed by atoms with Crippen LogP contribution in [0.2, 0.25) is 0 Å². The summed E-state index contributed by atoms with van der Waals surface area (Å²) in [4.78, 5) is 0. The summed E-state index contributed by atoms with van der Waals surface area (Å²) in [6.07, 6.45) is 0.581. The van der Waals surface area contributed by atoms with Gasteiger partial charge in [0.2, 0.25) is 0 Å². The van der Waals surface area contributed by atoms with Gasteiger partial charge in [0.05, 0.1) is 0 Å². The highest BCUT2D eigenvalue weighted by molar-refractivity contribution is 7.49. The Balaban J connectivity index is 1.59. The van der Waals surface area contributed by atoms with Gasteiger partial charge in [0.25, 0.3) is 0 Å². The Hall–Kier alpha value is -3.75. The van der Waals surface area contributed by atoms with E-state index in [1.165, 1.54) is 0 Å². The summed E-state index contributed by atoms with van der Waals surface area (Å²) in [5.41, 5.74) is 2.91. The first-order valence-corrected chi connectivity index (χ1v) is 12.3. The van der Waals surface area contributed by atoms with Gasteiger partial charge in [0.15, 0.2) is 0 Å². The normalized spacial score (nSPS) is 14.3. The number of aryl methyl sites for hydroxylation is 1. The topological polar surface area (TPSA) is 44.8 Å². The van der Waals surface area contributed by atoms with E-state index in [9.17, 15) is 4.57 Å². The van der Waals surface area contributed by atoms with Crippen LogP contribution in [0, 0.1) is 6.92 Å². The molecule has 0 saturated heterocycles. The molecule has 6 rings (SSSR count). The lowest BCUT2D eigenvalue weighted by molar-refractivity contribution is 0.295. The molecule has 0 radical (unpaired) electrons. The lowest BCUT2D eigenvalue weighted by Crippen LogP contribution is -2.12. The fourth-order valence-corrected chi connectivity index (χ4v) is 5.75. The Labute approximate surface area is 192 Å². The molecule has 0 aromatic heterocycles. The van der Waals surface area contributed by atoms with Crippen LogP contribution in [0.25, 0.3) is 21.5 Å². The molecule has 0 spiro atoms. The quantitative estimate of drug-likeness (QED) is 0.256. The predicted molar refractivity (Wildman–Crippen MR) is 131 cm³/mol. The lowest BCUT2D eigenvalue weighted by atomic mass is 9.93. The van der Waals surface area contributed by atoms with Crippen LogP contribution < -0.4 is 13.6 Å². The Bertz CT molecular complexity index is 1480. The first-order valence-electron chi connectivity index (χ1n) is 10.8. The molecule has 0 bridgehead atoms. The first-order chi connectivity index (χ1) is 16.1. The second kappa shape index (κ2) is 7.68. The third-order valence-corrected chi connectivity index (χ3v) is 7.25. The van der Waals surface area contributed by atoms with Crippen molar-refractivity contribution in [1.82, 2.24) is 0 Å². The van der Waals surface area contributed by atoms with Gasteiger partial charge in [-0.15, -0.1) is 0 Å². The standard InChI is InChI=1S/C28H21O4P/c1-19-7-6-10-22(17-19)30-33(29)31-27-15-13-20-8-2-4-11-23(20)25(27)18-26-24-12-5-3-9-21(24)14-16-28(26)32-33/h2-17H,18H2,1H3. The van der Waals surface area contributed by atoms with E-state index in [0.717, 1.165) is 38.2 Å². The van der Waals surface area contributed by atoms with E-state index in [0.29, 0.717) is 23.7 Å². The molecular formula is C28H21O4P. The lowest BCUT2D eigenvalue weighted by Gasteiger charge is -2.26. The van der Waals surface area contributed by atoms with Crippen molar-refractivity contribution < 1.29 is 18.1 Å². The molecule has 162 valence electrons. The second-order valence-electron chi connectivity index (χ2n) is 8.24. The van der Waals surface area contributed by atoms with Crippen molar-refractivity contribution in [3.8, 4) is 17.2 Å². The minimum Gasteiger partial charge on any atom is -0.386 e. The van der Waals surface area contributed by atoms with Gasteiger partial charge in [-0.25, -0.2) is 0 Å². The molecule has 0 aliphatic carbocycles. The van der Waals surface area contributed by atoms with Crippen LogP contribution in [-0.4, -0.2) is 0 Å². The van der Waals surface area contributed by atoms with Gasteiger partial charge in [0, 0.05) is 17.5 Å². The molecule has 1 aliphatic heterocycles. The fourth-order valence-electron chi connectivity index (χ4n) is 4.44. The van der Waals surface area contributed by atoms with Crippen molar-refractivity contribution >= 4 is 29.4 Å². The highest BCUT2D eigenvalue weighted by Crippen LogP contribution is 2.54. The van der Waals surface area contributed by atoms with Gasteiger partial charge >= 0.3 is 7.82 Å². The summed E-state index contributed by atoms with van der Waals surface area (Å²) >= 11 is 0. The number of benzene rings is 5. The summed E-state index contributed by atoms with van der Waals surface area (Å²) in [7, 11) is -4.05. The third-order valence-electron chi connectivity index (χ3n) is 5.98. The molecule has 0 fully saturated rings. The zero-order chi connectivity index (χ0) is 22.4. The molecule has 1 heterocycles. The molecule has 4 nitrogen and oxygen atoms in total. The van der Waals surface area contributed by atoms with Gasteiger partial charge in [-0.05, 0) is 58.3 Å². The number of hydrogen-bond acceptors (Lipinski definition) is 4. The van der Waals surface area contributed by atoms with E-state index in [1.807, 2.05) is 73.7 Å². The second-order valence-corrected chi connectivity index (χ2v) is 9.68. The smallest absolute Gasteiger partial charge is 0.386 e. The third kappa shape index (κ3) is 3.63. The van der Waals surface area contributed by atoms with E-state index in [-0.39, 0.29) is 0 Å². The molecule has 5 aromatic carbocycles. The maximum Gasteiger partial charge on any atom is 0.647 e. The molecule has 33 heavy (non-hydrogen) atoms. The molecular weight excluding hydrogens is 431 g/mol. The number of hydrogen-bond donors (Lipinski definition) is 0. The maximum absolute atomic E-state index is 14.0. The van der Waals surface area contributed by atoms with Crippen molar-refractivity contribution in [2.24, 2.45) is 0 Å². The molecule has 5 heteroatoms.